The summed E-state index contributed by atoms with van der Waals surface area (Å²) >= 11 is 6.28. The molecule has 2 aromatic rings. The number of rotatable bonds is 6. The molecule has 1 aliphatic heterocycles. The molecule has 144 valence electrons. The molecule has 5 nitrogen and oxygen atoms in total. The first-order valence-corrected chi connectivity index (χ1v) is 9.69. The fourth-order valence-corrected chi connectivity index (χ4v) is 3.94. The second-order valence-electron chi connectivity index (χ2n) is 6.82. The molecule has 2 heterocycles. The highest BCUT2D eigenvalue weighted by molar-refractivity contribution is 6.30. The number of nitrogens with zero attached hydrogens (tertiary/aromatic N) is 2. The third-order valence-corrected chi connectivity index (χ3v) is 5.42. The first-order valence-electron chi connectivity index (χ1n) is 9.32. The molecule has 2 unspecified atom stereocenters. The summed E-state index contributed by atoms with van der Waals surface area (Å²) in [6.07, 6.45) is 5.26. The normalized spacial score (nSPS) is 18.9. The molecule has 6 heteroatoms. The van der Waals surface area contributed by atoms with Gasteiger partial charge < -0.3 is 9.84 Å². The van der Waals surface area contributed by atoms with Gasteiger partial charge in [-0.2, -0.15) is 0 Å². The van der Waals surface area contributed by atoms with Crippen LogP contribution >= 0.6 is 11.6 Å². The zero-order chi connectivity index (χ0) is 19.4. The van der Waals surface area contributed by atoms with Gasteiger partial charge in [-0.05, 0) is 55.6 Å². The lowest BCUT2D eigenvalue weighted by molar-refractivity contribution is -0.145. The molecule has 1 aromatic heterocycles. The van der Waals surface area contributed by atoms with Gasteiger partial charge in [0.05, 0.1) is 18.8 Å². The van der Waals surface area contributed by atoms with Crippen molar-refractivity contribution in [3.05, 3.63) is 58.4 Å². The summed E-state index contributed by atoms with van der Waals surface area (Å²) in [4.78, 5) is 18.6. The Kier molecular flexibility index (Phi) is 6.34. The molecule has 27 heavy (non-hydrogen) atoms. The van der Waals surface area contributed by atoms with Crippen LogP contribution in [0.3, 0.4) is 0 Å². The van der Waals surface area contributed by atoms with Gasteiger partial charge in [-0.3, -0.25) is 14.7 Å². The number of hydrogen-bond donors (Lipinski definition) is 1. The minimum atomic E-state index is -0.800. The summed E-state index contributed by atoms with van der Waals surface area (Å²) < 4.78 is 5.57. The Balaban J connectivity index is 2.13. The fourth-order valence-electron chi connectivity index (χ4n) is 3.76. The van der Waals surface area contributed by atoms with E-state index in [0.717, 1.165) is 36.1 Å². The number of carboxylic acids is 1. The van der Waals surface area contributed by atoms with Gasteiger partial charge in [0.25, 0.3) is 0 Å². The van der Waals surface area contributed by atoms with Crippen LogP contribution in [-0.2, 0) is 11.2 Å². The maximum atomic E-state index is 11.9. The van der Waals surface area contributed by atoms with Crippen molar-refractivity contribution in [2.24, 2.45) is 0 Å². The van der Waals surface area contributed by atoms with Crippen LogP contribution in [0.25, 0.3) is 0 Å². The Morgan fingerprint density at radius 1 is 1.37 bits per heavy atom. The van der Waals surface area contributed by atoms with E-state index in [0.29, 0.717) is 23.7 Å². The van der Waals surface area contributed by atoms with Gasteiger partial charge in [-0.25, -0.2) is 0 Å². The molecular weight excluding hydrogens is 364 g/mol. The number of benzene rings is 1. The van der Waals surface area contributed by atoms with E-state index in [4.69, 9.17) is 16.3 Å². The van der Waals surface area contributed by atoms with Crippen LogP contribution in [0.15, 0.2) is 36.5 Å². The van der Waals surface area contributed by atoms with Crippen molar-refractivity contribution in [3.63, 3.8) is 0 Å². The molecule has 2 atom stereocenters. The van der Waals surface area contributed by atoms with Crippen LogP contribution in [0.4, 0.5) is 0 Å². The number of likely N-dealkylation sites (tertiary alicyclic amines) is 1. The molecule has 0 radical (unpaired) electrons. The zero-order valence-electron chi connectivity index (χ0n) is 15.7. The van der Waals surface area contributed by atoms with E-state index in [2.05, 4.69) is 11.9 Å². The number of ether oxygens (including phenoxy) is 1. The Labute approximate surface area is 164 Å². The number of piperidine rings is 1. The van der Waals surface area contributed by atoms with E-state index < -0.39 is 12.0 Å². The Hall–Kier alpha value is -2.11. The van der Waals surface area contributed by atoms with Crippen molar-refractivity contribution in [3.8, 4) is 5.75 Å². The second kappa shape index (κ2) is 8.72. The van der Waals surface area contributed by atoms with Crippen LogP contribution in [0.5, 0.6) is 5.75 Å². The summed E-state index contributed by atoms with van der Waals surface area (Å²) in [6, 6.07) is 8.60. The first-order chi connectivity index (χ1) is 13.0. The molecule has 1 saturated heterocycles. The van der Waals surface area contributed by atoms with Gasteiger partial charge >= 0.3 is 5.97 Å². The third kappa shape index (κ3) is 4.25. The highest BCUT2D eigenvalue weighted by Crippen LogP contribution is 2.39. The lowest BCUT2D eigenvalue weighted by Gasteiger charge is -2.39. The van der Waals surface area contributed by atoms with E-state index in [1.165, 1.54) is 0 Å². The minimum Gasteiger partial charge on any atom is -0.496 e. The topological polar surface area (TPSA) is 62.7 Å². The molecule has 3 rings (SSSR count). The average molecular weight is 389 g/mol. The first kappa shape index (κ1) is 19.6. The molecule has 0 bridgehead atoms. The van der Waals surface area contributed by atoms with E-state index in [1.54, 1.807) is 13.2 Å². The quantitative estimate of drug-likeness (QED) is 0.797. The molecule has 1 aromatic carbocycles. The largest absolute Gasteiger partial charge is 0.496 e. The zero-order valence-corrected chi connectivity index (χ0v) is 16.4. The Bertz CT molecular complexity index is 795. The number of hydrogen-bond acceptors (Lipinski definition) is 4. The number of carbonyl (C=O) groups is 1. The van der Waals surface area contributed by atoms with Crippen molar-refractivity contribution >= 4 is 17.6 Å². The van der Waals surface area contributed by atoms with Gasteiger partial charge in [0.15, 0.2) is 0 Å². The summed E-state index contributed by atoms with van der Waals surface area (Å²) in [7, 11) is 1.61. The van der Waals surface area contributed by atoms with Gasteiger partial charge in [0.2, 0.25) is 0 Å². The van der Waals surface area contributed by atoms with Crippen molar-refractivity contribution in [1.82, 2.24) is 9.88 Å². The third-order valence-electron chi connectivity index (χ3n) is 5.18. The number of aliphatic carboxylic acids is 1. The standard InChI is InChI=1S/C21H25ClN2O3/c1-3-14-7-9-17(23-13-14)20(16-12-15(22)8-10-19(16)27-2)24-11-5-4-6-18(24)21(25)26/h7-10,12-13,18,20H,3-6,11H2,1-2H3,(H,25,26). The lowest BCUT2D eigenvalue weighted by atomic mass is 9.93. The van der Waals surface area contributed by atoms with Gasteiger partial charge in [0, 0.05) is 16.8 Å². The SMILES string of the molecule is CCc1ccc(C(c2cc(Cl)ccc2OC)N2CCCCC2C(=O)O)nc1. The highest BCUT2D eigenvalue weighted by atomic mass is 35.5. The van der Waals surface area contributed by atoms with Crippen LogP contribution in [0.1, 0.15) is 49.0 Å². The highest BCUT2D eigenvalue weighted by Gasteiger charge is 2.37. The molecule has 0 saturated carbocycles. The van der Waals surface area contributed by atoms with Gasteiger partial charge in [-0.15, -0.1) is 0 Å². The molecular formula is C21H25ClN2O3. The summed E-state index contributed by atoms with van der Waals surface area (Å²) in [5.74, 6) is -0.119. The van der Waals surface area contributed by atoms with Crippen LogP contribution in [0, 0.1) is 0 Å². The number of halogens is 1. The van der Waals surface area contributed by atoms with Crippen LogP contribution in [0.2, 0.25) is 5.02 Å². The van der Waals surface area contributed by atoms with Crippen LogP contribution in [-0.4, -0.2) is 40.7 Å². The minimum absolute atomic E-state index is 0.328. The van der Waals surface area contributed by atoms with Crippen molar-refractivity contribution < 1.29 is 14.6 Å². The molecule has 1 aliphatic rings. The van der Waals surface area contributed by atoms with Crippen molar-refractivity contribution in [2.75, 3.05) is 13.7 Å². The smallest absolute Gasteiger partial charge is 0.320 e. The molecule has 0 spiro atoms. The van der Waals surface area contributed by atoms with Gasteiger partial charge in [-0.1, -0.05) is 31.0 Å². The monoisotopic (exact) mass is 388 g/mol. The molecule has 1 N–H and O–H groups in total. The Morgan fingerprint density at radius 3 is 2.81 bits per heavy atom. The molecule has 1 fully saturated rings. The number of carboxylic acid groups (broad SMARTS) is 1. The van der Waals surface area contributed by atoms with Crippen LogP contribution < -0.4 is 4.74 Å². The lowest BCUT2D eigenvalue weighted by Crippen LogP contribution is -2.47. The number of pyridine rings is 1. The number of methoxy groups -OCH3 is 1. The van der Waals surface area contributed by atoms with Crippen molar-refractivity contribution in [2.45, 2.75) is 44.7 Å². The van der Waals surface area contributed by atoms with Gasteiger partial charge in [0.1, 0.15) is 11.8 Å². The maximum absolute atomic E-state index is 11.9. The summed E-state index contributed by atoms with van der Waals surface area (Å²) in [5.41, 5.74) is 2.79. The average Bonchev–Trinajstić information content (AvgIpc) is 2.69. The number of aryl methyl sites for hydroxylation is 1. The van der Waals surface area contributed by atoms with E-state index >= 15 is 0 Å². The molecule has 0 aliphatic carbocycles. The fraction of sp³-hybridized carbons (Fsp3) is 0.429. The van der Waals surface area contributed by atoms with Crippen molar-refractivity contribution in [1.29, 1.82) is 0 Å². The predicted octanol–water partition coefficient (Wildman–Crippen LogP) is 4.33. The summed E-state index contributed by atoms with van der Waals surface area (Å²) in [6.45, 7) is 2.77. The molecule has 0 amide bonds. The number of aromatic nitrogens is 1. The van der Waals surface area contributed by atoms with E-state index in [1.807, 2.05) is 35.4 Å². The van der Waals surface area contributed by atoms with E-state index in [-0.39, 0.29) is 6.04 Å². The summed E-state index contributed by atoms with van der Waals surface area (Å²) in [5, 5.41) is 10.4. The predicted molar refractivity (Wildman–Crippen MR) is 105 cm³/mol. The Morgan fingerprint density at radius 2 is 2.19 bits per heavy atom. The second-order valence-corrected chi connectivity index (χ2v) is 7.26. The van der Waals surface area contributed by atoms with E-state index in [9.17, 15) is 9.90 Å². The maximum Gasteiger partial charge on any atom is 0.320 e.